The molecular weight excluding hydrogens is 174 g/mol. The molecule has 3 nitrogen and oxygen atoms in total. The smallest absolute Gasteiger partial charge is 0.0400 e. The van der Waals surface area contributed by atoms with Crippen LogP contribution in [0.25, 0.3) is 0 Å². The zero-order valence-corrected chi connectivity index (χ0v) is 9.19. The average molecular weight is 194 g/mol. The highest BCUT2D eigenvalue weighted by Gasteiger charge is 2.05. The summed E-state index contributed by atoms with van der Waals surface area (Å²) in [4.78, 5) is 0. The van der Waals surface area contributed by atoms with Crippen LogP contribution in [0.3, 0.4) is 0 Å². The van der Waals surface area contributed by atoms with Crippen molar-refractivity contribution in [3.8, 4) is 0 Å². The van der Waals surface area contributed by atoms with E-state index < -0.39 is 0 Å². The Morgan fingerprint density at radius 1 is 1.08 bits per heavy atom. The summed E-state index contributed by atoms with van der Waals surface area (Å²) in [6, 6.07) is 0. The fourth-order valence-electron chi connectivity index (χ4n) is 0.999. The molecule has 0 aliphatic heterocycles. The molecule has 0 aromatic carbocycles. The van der Waals surface area contributed by atoms with Crippen LogP contribution in [-0.4, -0.2) is 18.1 Å². The third-order valence-corrected chi connectivity index (χ3v) is 1.29. The van der Waals surface area contributed by atoms with E-state index in [0.29, 0.717) is 11.8 Å². The van der Waals surface area contributed by atoms with E-state index in [1.807, 2.05) is 5.01 Å². The summed E-state index contributed by atoms with van der Waals surface area (Å²) in [5.41, 5.74) is 6.90. The van der Waals surface area contributed by atoms with Crippen LogP contribution in [0.2, 0.25) is 0 Å². The van der Waals surface area contributed by atoms with E-state index in [9.17, 15) is 0 Å². The Morgan fingerprint density at radius 2 is 1.42 bits per heavy atom. The molecule has 0 aromatic rings. The van der Waals surface area contributed by atoms with E-state index in [4.69, 9.17) is 5.53 Å². The Labute approximate surface area is 81.4 Å². The van der Waals surface area contributed by atoms with Gasteiger partial charge in [0.1, 0.15) is 0 Å². The van der Waals surface area contributed by atoms with E-state index in [0.717, 1.165) is 13.1 Å². The van der Waals surface area contributed by atoms with Crippen molar-refractivity contribution in [3.63, 3.8) is 0 Å². The predicted octanol–water partition coefficient (Wildman–Crippen LogP) is 2.97. The summed E-state index contributed by atoms with van der Waals surface area (Å²) in [5.74, 6) is 1.17. The SMILES string of the molecule is CC(C)CN(CC(C)C)N=N.Cl. The normalized spacial score (nSPS) is 9.83. The van der Waals surface area contributed by atoms with Gasteiger partial charge < -0.3 is 0 Å². The van der Waals surface area contributed by atoms with Gasteiger partial charge in [-0.1, -0.05) is 32.9 Å². The van der Waals surface area contributed by atoms with Gasteiger partial charge in [0.2, 0.25) is 0 Å². The van der Waals surface area contributed by atoms with Gasteiger partial charge in [0.05, 0.1) is 0 Å². The fourth-order valence-corrected chi connectivity index (χ4v) is 0.999. The highest BCUT2D eigenvalue weighted by Crippen LogP contribution is 2.03. The predicted molar refractivity (Wildman–Crippen MR) is 53.6 cm³/mol. The van der Waals surface area contributed by atoms with Gasteiger partial charge in [-0.25, -0.2) is 0 Å². The Morgan fingerprint density at radius 3 is 1.58 bits per heavy atom. The van der Waals surface area contributed by atoms with Crippen molar-refractivity contribution in [2.75, 3.05) is 13.1 Å². The molecule has 0 aliphatic rings. The van der Waals surface area contributed by atoms with E-state index in [-0.39, 0.29) is 12.4 Å². The van der Waals surface area contributed by atoms with Gasteiger partial charge in [0.25, 0.3) is 0 Å². The lowest BCUT2D eigenvalue weighted by molar-refractivity contribution is 0.208. The van der Waals surface area contributed by atoms with Gasteiger partial charge in [0.15, 0.2) is 0 Å². The Kier molecular flexibility index (Phi) is 8.71. The van der Waals surface area contributed by atoms with Crippen molar-refractivity contribution in [1.29, 1.82) is 5.53 Å². The number of hydrogen-bond acceptors (Lipinski definition) is 2. The number of hydrogen-bond donors (Lipinski definition) is 1. The molecule has 4 heteroatoms. The van der Waals surface area contributed by atoms with Crippen molar-refractivity contribution in [1.82, 2.24) is 5.01 Å². The van der Waals surface area contributed by atoms with Crippen LogP contribution >= 0.6 is 12.4 Å². The second-order valence-electron chi connectivity index (χ2n) is 3.76. The molecule has 1 N–H and O–H groups in total. The quantitative estimate of drug-likeness (QED) is 0.529. The Bertz CT molecular complexity index is 105. The fraction of sp³-hybridized carbons (Fsp3) is 1.00. The van der Waals surface area contributed by atoms with Gasteiger partial charge in [-0.05, 0) is 11.8 Å². The zero-order valence-electron chi connectivity index (χ0n) is 8.37. The minimum absolute atomic E-state index is 0. The summed E-state index contributed by atoms with van der Waals surface area (Å²) in [7, 11) is 0. The molecule has 0 amide bonds. The van der Waals surface area contributed by atoms with Crippen LogP contribution in [-0.2, 0) is 0 Å². The Balaban J connectivity index is 0. The average Bonchev–Trinajstić information content (AvgIpc) is 1.84. The van der Waals surface area contributed by atoms with Gasteiger partial charge in [-0.3, -0.25) is 5.01 Å². The summed E-state index contributed by atoms with van der Waals surface area (Å²) >= 11 is 0. The molecule has 0 unspecified atom stereocenters. The summed E-state index contributed by atoms with van der Waals surface area (Å²) in [6.45, 7) is 10.3. The maximum absolute atomic E-state index is 6.90. The lowest BCUT2D eigenvalue weighted by Crippen LogP contribution is -2.25. The van der Waals surface area contributed by atoms with Crippen LogP contribution in [0, 0.1) is 17.4 Å². The topological polar surface area (TPSA) is 39.5 Å². The number of nitrogens with one attached hydrogen (secondary N) is 1. The van der Waals surface area contributed by atoms with Gasteiger partial charge in [-0.2, -0.15) is 5.53 Å². The van der Waals surface area contributed by atoms with Gasteiger partial charge >= 0.3 is 0 Å². The molecule has 0 atom stereocenters. The van der Waals surface area contributed by atoms with Crippen molar-refractivity contribution < 1.29 is 0 Å². The molecule has 0 aromatic heterocycles. The third kappa shape index (κ3) is 7.79. The van der Waals surface area contributed by atoms with Crippen LogP contribution in [0.4, 0.5) is 0 Å². The first-order chi connectivity index (χ1) is 5.06. The largest absolute Gasteiger partial charge is 0.279 e. The number of halogens is 1. The first-order valence-electron chi connectivity index (χ1n) is 4.18. The molecule has 74 valence electrons. The molecular formula is C8H20ClN3. The molecule has 0 bridgehead atoms. The van der Waals surface area contributed by atoms with Crippen molar-refractivity contribution in [2.24, 2.45) is 17.1 Å². The number of nitrogens with zero attached hydrogens (tertiary/aromatic N) is 2. The van der Waals surface area contributed by atoms with Crippen molar-refractivity contribution >= 4 is 12.4 Å². The molecule has 0 aliphatic carbocycles. The lowest BCUT2D eigenvalue weighted by atomic mass is 10.2. The van der Waals surface area contributed by atoms with Crippen molar-refractivity contribution in [2.45, 2.75) is 27.7 Å². The van der Waals surface area contributed by atoms with Gasteiger partial charge in [-0.15, -0.1) is 12.4 Å². The molecule has 0 heterocycles. The highest BCUT2D eigenvalue weighted by molar-refractivity contribution is 5.85. The molecule has 0 spiro atoms. The first-order valence-corrected chi connectivity index (χ1v) is 4.18. The molecule has 0 fully saturated rings. The maximum Gasteiger partial charge on any atom is 0.0400 e. The zero-order chi connectivity index (χ0) is 8.85. The molecule has 0 saturated carbocycles. The number of rotatable bonds is 5. The molecule has 12 heavy (non-hydrogen) atoms. The molecule has 0 radical (unpaired) electrons. The van der Waals surface area contributed by atoms with E-state index in [2.05, 4.69) is 32.9 Å². The third-order valence-electron chi connectivity index (χ3n) is 1.29. The second kappa shape index (κ2) is 7.35. The van der Waals surface area contributed by atoms with E-state index >= 15 is 0 Å². The van der Waals surface area contributed by atoms with Crippen LogP contribution in [0.5, 0.6) is 0 Å². The maximum atomic E-state index is 6.90. The van der Waals surface area contributed by atoms with Gasteiger partial charge in [0, 0.05) is 13.1 Å². The second-order valence-corrected chi connectivity index (χ2v) is 3.76. The first kappa shape index (κ1) is 14.2. The summed E-state index contributed by atoms with van der Waals surface area (Å²) in [6.07, 6.45) is 0. The van der Waals surface area contributed by atoms with Crippen molar-refractivity contribution in [3.05, 3.63) is 0 Å². The summed E-state index contributed by atoms with van der Waals surface area (Å²) < 4.78 is 0. The monoisotopic (exact) mass is 193 g/mol. The van der Waals surface area contributed by atoms with E-state index in [1.54, 1.807) is 0 Å². The molecule has 0 rings (SSSR count). The summed E-state index contributed by atoms with van der Waals surface area (Å²) in [5, 5.41) is 5.27. The standard InChI is InChI=1S/C8H19N3.ClH/c1-7(2)5-11(10-9)6-8(3)4;/h7-9H,5-6H2,1-4H3;1H. The minimum atomic E-state index is 0. The van der Waals surface area contributed by atoms with E-state index in [1.165, 1.54) is 0 Å². The van der Waals surface area contributed by atoms with Crippen LogP contribution in [0.15, 0.2) is 5.22 Å². The van der Waals surface area contributed by atoms with Crippen LogP contribution < -0.4 is 0 Å². The highest BCUT2D eigenvalue weighted by atomic mass is 35.5. The minimum Gasteiger partial charge on any atom is -0.279 e. The molecule has 0 saturated heterocycles. The lowest BCUT2D eigenvalue weighted by Gasteiger charge is -2.20. The Hall–Kier alpha value is -0.310. The van der Waals surface area contributed by atoms with Crippen LogP contribution in [0.1, 0.15) is 27.7 Å².